The number of ketones is 1. The van der Waals surface area contributed by atoms with Gasteiger partial charge in [0.05, 0.1) is 6.61 Å². The SMILES string of the molecule is CCOC(=O)C(CNCCc1c[nH]c2ccccc12)C(C)=O. The van der Waals surface area contributed by atoms with E-state index in [9.17, 15) is 9.59 Å². The normalized spacial score (nSPS) is 12.3. The Balaban J connectivity index is 1.85. The number of carbonyl (C=O) groups excluding carboxylic acids is 2. The fourth-order valence-electron chi connectivity index (χ4n) is 2.44. The monoisotopic (exact) mass is 302 g/mol. The van der Waals surface area contributed by atoms with Crippen molar-refractivity contribution >= 4 is 22.7 Å². The van der Waals surface area contributed by atoms with Crippen LogP contribution in [0.25, 0.3) is 10.9 Å². The molecule has 1 heterocycles. The van der Waals surface area contributed by atoms with Crippen LogP contribution in [0.15, 0.2) is 30.5 Å². The van der Waals surface area contributed by atoms with E-state index >= 15 is 0 Å². The van der Waals surface area contributed by atoms with Crippen LogP contribution in [-0.4, -0.2) is 36.4 Å². The number of hydrogen-bond acceptors (Lipinski definition) is 4. The summed E-state index contributed by atoms with van der Waals surface area (Å²) in [4.78, 5) is 26.4. The number of nitrogens with one attached hydrogen (secondary N) is 2. The van der Waals surface area contributed by atoms with Crippen molar-refractivity contribution in [3.8, 4) is 0 Å². The van der Waals surface area contributed by atoms with Gasteiger partial charge in [-0.2, -0.15) is 0 Å². The lowest BCUT2D eigenvalue weighted by atomic mass is 10.1. The van der Waals surface area contributed by atoms with Crippen LogP contribution in [0, 0.1) is 5.92 Å². The molecule has 22 heavy (non-hydrogen) atoms. The predicted octanol–water partition coefficient (Wildman–Crippen LogP) is 2.07. The zero-order valence-electron chi connectivity index (χ0n) is 13.0. The number of esters is 1. The summed E-state index contributed by atoms with van der Waals surface area (Å²) in [5.41, 5.74) is 2.34. The van der Waals surface area contributed by atoms with Gasteiger partial charge in [0.15, 0.2) is 0 Å². The molecule has 0 aliphatic carbocycles. The lowest BCUT2D eigenvalue weighted by Gasteiger charge is -2.13. The van der Waals surface area contributed by atoms with Gasteiger partial charge in [-0.25, -0.2) is 0 Å². The number of Topliss-reactive ketones (excluding diaryl/α,β-unsaturated/α-hetero) is 1. The molecular formula is C17H22N2O3. The molecular weight excluding hydrogens is 280 g/mol. The zero-order valence-corrected chi connectivity index (χ0v) is 13.0. The minimum absolute atomic E-state index is 0.168. The molecule has 0 bridgehead atoms. The van der Waals surface area contributed by atoms with Crippen molar-refractivity contribution in [3.05, 3.63) is 36.0 Å². The summed E-state index contributed by atoms with van der Waals surface area (Å²) in [6, 6.07) is 8.13. The number of aromatic nitrogens is 1. The van der Waals surface area contributed by atoms with Crippen LogP contribution >= 0.6 is 0 Å². The lowest BCUT2D eigenvalue weighted by molar-refractivity contribution is -0.150. The third-order valence-electron chi connectivity index (χ3n) is 3.66. The Morgan fingerprint density at radius 1 is 1.32 bits per heavy atom. The van der Waals surface area contributed by atoms with Gasteiger partial charge in [0.25, 0.3) is 0 Å². The number of rotatable bonds is 8. The van der Waals surface area contributed by atoms with Crippen molar-refractivity contribution in [3.63, 3.8) is 0 Å². The first kappa shape index (κ1) is 16.2. The number of para-hydroxylation sites is 1. The summed E-state index contributed by atoms with van der Waals surface area (Å²) in [5.74, 6) is -1.34. The second-order valence-corrected chi connectivity index (χ2v) is 5.23. The van der Waals surface area contributed by atoms with E-state index in [-0.39, 0.29) is 12.4 Å². The highest BCUT2D eigenvalue weighted by molar-refractivity contribution is 5.98. The number of carbonyl (C=O) groups is 2. The molecule has 5 nitrogen and oxygen atoms in total. The van der Waals surface area contributed by atoms with Crippen molar-refractivity contribution in [2.75, 3.05) is 19.7 Å². The fourth-order valence-corrected chi connectivity index (χ4v) is 2.44. The molecule has 0 radical (unpaired) electrons. The summed E-state index contributed by atoms with van der Waals surface area (Å²) in [6.45, 7) is 4.46. The predicted molar refractivity (Wildman–Crippen MR) is 85.7 cm³/mol. The third kappa shape index (κ3) is 3.95. The first-order chi connectivity index (χ1) is 10.6. The van der Waals surface area contributed by atoms with Gasteiger partial charge in [-0.1, -0.05) is 18.2 Å². The van der Waals surface area contributed by atoms with E-state index in [4.69, 9.17) is 4.74 Å². The third-order valence-corrected chi connectivity index (χ3v) is 3.66. The average molecular weight is 302 g/mol. The van der Waals surface area contributed by atoms with E-state index in [0.717, 1.165) is 11.9 Å². The Morgan fingerprint density at radius 2 is 2.09 bits per heavy atom. The Labute approximate surface area is 130 Å². The molecule has 1 aromatic heterocycles. The summed E-state index contributed by atoms with van der Waals surface area (Å²) in [6.07, 6.45) is 2.83. The standard InChI is InChI=1S/C17H22N2O3/c1-3-22-17(21)15(12(2)20)11-18-9-8-13-10-19-16-7-5-4-6-14(13)16/h4-7,10,15,18-19H,3,8-9,11H2,1-2H3. The molecule has 5 heteroatoms. The summed E-state index contributed by atoms with van der Waals surface area (Å²) in [7, 11) is 0. The minimum atomic E-state index is -0.720. The Morgan fingerprint density at radius 3 is 2.82 bits per heavy atom. The van der Waals surface area contributed by atoms with Gasteiger partial charge in [0, 0.05) is 23.6 Å². The Hall–Kier alpha value is -2.14. The Kier molecular flexibility index (Phi) is 5.72. The first-order valence-electron chi connectivity index (χ1n) is 7.56. The van der Waals surface area contributed by atoms with Crippen molar-refractivity contribution in [2.45, 2.75) is 20.3 Å². The van der Waals surface area contributed by atoms with E-state index in [1.54, 1.807) is 6.92 Å². The molecule has 0 aliphatic rings. The number of benzene rings is 1. The van der Waals surface area contributed by atoms with Gasteiger partial charge in [-0.05, 0) is 38.4 Å². The summed E-state index contributed by atoms with van der Waals surface area (Å²) >= 11 is 0. The van der Waals surface area contributed by atoms with Crippen LogP contribution in [0.2, 0.25) is 0 Å². The number of H-pyrrole nitrogens is 1. The van der Waals surface area contributed by atoms with Gasteiger partial charge in [0.2, 0.25) is 0 Å². The molecule has 0 saturated carbocycles. The number of aromatic amines is 1. The molecule has 0 amide bonds. The maximum absolute atomic E-state index is 11.7. The molecule has 1 unspecified atom stereocenters. The minimum Gasteiger partial charge on any atom is -0.465 e. The van der Waals surface area contributed by atoms with Crippen molar-refractivity contribution < 1.29 is 14.3 Å². The van der Waals surface area contributed by atoms with Crippen LogP contribution in [0.4, 0.5) is 0 Å². The molecule has 2 aromatic rings. The van der Waals surface area contributed by atoms with Crippen LogP contribution < -0.4 is 5.32 Å². The number of fused-ring (bicyclic) bond motifs is 1. The van der Waals surface area contributed by atoms with Gasteiger partial charge in [-0.15, -0.1) is 0 Å². The van der Waals surface area contributed by atoms with Gasteiger partial charge < -0.3 is 15.0 Å². The molecule has 1 aromatic carbocycles. The summed E-state index contributed by atoms with van der Waals surface area (Å²) in [5, 5.41) is 4.38. The van der Waals surface area contributed by atoms with Gasteiger partial charge in [-0.3, -0.25) is 9.59 Å². The van der Waals surface area contributed by atoms with Crippen LogP contribution in [-0.2, 0) is 20.7 Å². The van der Waals surface area contributed by atoms with Crippen LogP contribution in [0.1, 0.15) is 19.4 Å². The zero-order chi connectivity index (χ0) is 15.9. The van der Waals surface area contributed by atoms with Crippen LogP contribution in [0.5, 0.6) is 0 Å². The molecule has 0 saturated heterocycles. The number of hydrogen-bond donors (Lipinski definition) is 2. The molecule has 118 valence electrons. The maximum Gasteiger partial charge on any atom is 0.317 e. The lowest BCUT2D eigenvalue weighted by Crippen LogP contribution is -2.35. The average Bonchev–Trinajstić information content (AvgIpc) is 2.90. The van der Waals surface area contributed by atoms with E-state index in [0.29, 0.717) is 13.1 Å². The fraction of sp³-hybridized carbons (Fsp3) is 0.412. The second kappa shape index (κ2) is 7.75. The van der Waals surface area contributed by atoms with Gasteiger partial charge >= 0.3 is 5.97 Å². The highest BCUT2D eigenvalue weighted by Crippen LogP contribution is 2.17. The second-order valence-electron chi connectivity index (χ2n) is 5.23. The molecule has 0 fully saturated rings. The largest absolute Gasteiger partial charge is 0.465 e. The van der Waals surface area contributed by atoms with Crippen molar-refractivity contribution in [1.29, 1.82) is 0 Å². The molecule has 2 N–H and O–H groups in total. The molecule has 0 spiro atoms. The van der Waals surface area contributed by atoms with Crippen molar-refractivity contribution in [2.24, 2.45) is 5.92 Å². The molecule has 0 aliphatic heterocycles. The van der Waals surface area contributed by atoms with Gasteiger partial charge in [0.1, 0.15) is 11.7 Å². The Bertz CT molecular complexity index is 648. The van der Waals surface area contributed by atoms with E-state index in [1.165, 1.54) is 17.9 Å². The summed E-state index contributed by atoms with van der Waals surface area (Å²) < 4.78 is 4.92. The van der Waals surface area contributed by atoms with E-state index < -0.39 is 11.9 Å². The molecule has 1 atom stereocenters. The quantitative estimate of drug-likeness (QED) is 0.445. The van der Waals surface area contributed by atoms with E-state index in [2.05, 4.69) is 16.4 Å². The van der Waals surface area contributed by atoms with Crippen LogP contribution in [0.3, 0.4) is 0 Å². The topological polar surface area (TPSA) is 71.2 Å². The number of ether oxygens (including phenoxy) is 1. The highest BCUT2D eigenvalue weighted by Gasteiger charge is 2.23. The first-order valence-corrected chi connectivity index (χ1v) is 7.56. The smallest absolute Gasteiger partial charge is 0.317 e. The molecule has 2 rings (SSSR count). The van der Waals surface area contributed by atoms with Crippen molar-refractivity contribution in [1.82, 2.24) is 10.3 Å². The van der Waals surface area contributed by atoms with E-state index in [1.807, 2.05) is 24.4 Å². The maximum atomic E-state index is 11.7. The highest BCUT2D eigenvalue weighted by atomic mass is 16.5.